The van der Waals surface area contributed by atoms with Crippen LogP contribution in [0.2, 0.25) is 0 Å². The highest BCUT2D eigenvalue weighted by molar-refractivity contribution is 7.13. The van der Waals surface area contributed by atoms with Crippen LogP contribution in [-0.4, -0.2) is 29.9 Å². The third-order valence-corrected chi connectivity index (χ3v) is 4.98. The molecule has 0 saturated carbocycles. The van der Waals surface area contributed by atoms with Crippen LogP contribution in [-0.2, 0) is 12.6 Å². The van der Waals surface area contributed by atoms with Gasteiger partial charge in [0.1, 0.15) is 4.88 Å². The van der Waals surface area contributed by atoms with Crippen molar-refractivity contribution in [2.75, 3.05) is 13.1 Å². The van der Waals surface area contributed by atoms with E-state index >= 15 is 0 Å². The van der Waals surface area contributed by atoms with Crippen molar-refractivity contribution in [3.8, 4) is 0 Å². The van der Waals surface area contributed by atoms with Crippen LogP contribution in [0, 0.1) is 12.8 Å². The molecule has 0 fully saturated rings. The quantitative estimate of drug-likeness (QED) is 0.678. The molecule has 5 nitrogen and oxygen atoms in total. The average molecular weight is 413 g/mol. The number of halogens is 3. The molecule has 28 heavy (non-hydrogen) atoms. The molecule has 0 aliphatic heterocycles. The number of carbonyl (C=O) groups is 2. The van der Waals surface area contributed by atoms with Gasteiger partial charge in [0, 0.05) is 25.1 Å². The van der Waals surface area contributed by atoms with E-state index in [2.05, 4.69) is 29.5 Å². The monoisotopic (exact) mass is 413 g/mol. The Labute approximate surface area is 165 Å². The predicted molar refractivity (Wildman–Crippen MR) is 102 cm³/mol. The summed E-state index contributed by atoms with van der Waals surface area (Å²) in [7, 11) is 0. The second-order valence-corrected chi connectivity index (χ2v) is 7.79. The predicted octanol–water partition coefficient (Wildman–Crippen LogP) is 3.83. The molecule has 0 bridgehead atoms. The maximum Gasteiger partial charge on any atom is 0.416 e. The fourth-order valence-corrected chi connectivity index (χ4v) is 3.64. The molecule has 1 aromatic carbocycles. The molecule has 2 N–H and O–H groups in total. The van der Waals surface area contributed by atoms with E-state index in [1.54, 1.807) is 6.92 Å². The molecule has 0 atom stereocenters. The largest absolute Gasteiger partial charge is 0.416 e. The van der Waals surface area contributed by atoms with E-state index in [-0.39, 0.29) is 24.6 Å². The van der Waals surface area contributed by atoms with Crippen LogP contribution in [0.5, 0.6) is 0 Å². The highest BCUT2D eigenvalue weighted by Gasteiger charge is 2.30. The number of rotatable bonds is 7. The normalized spacial score (nSPS) is 11.5. The van der Waals surface area contributed by atoms with Gasteiger partial charge in [-0.3, -0.25) is 9.59 Å². The van der Waals surface area contributed by atoms with E-state index < -0.39 is 17.6 Å². The molecule has 1 heterocycles. The summed E-state index contributed by atoms with van der Waals surface area (Å²) in [5.41, 5.74) is -0.0176. The van der Waals surface area contributed by atoms with Gasteiger partial charge in [0.25, 0.3) is 11.8 Å². The van der Waals surface area contributed by atoms with Crippen molar-refractivity contribution in [1.82, 2.24) is 15.6 Å². The molecule has 0 aliphatic carbocycles. The van der Waals surface area contributed by atoms with E-state index in [0.29, 0.717) is 16.5 Å². The molecule has 0 radical (unpaired) electrons. The van der Waals surface area contributed by atoms with Gasteiger partial charge in [-0.25, -0.2) is 4.98 Å². The minimum Gasteiger partial charge on any atom is -0.350 e. The first-order valence-corrected chi connectivity index (χ1v) is 9.59. The third-order valence-electron chi connectivity index (χ3n) is 3.80. The zero-order chi connectivity index (χ0) is 20.9. The Morgan fingerprint density at radius 1 is 1.07 bits per heavy atom. The second kappa shape index (κ2) is 9.18. The SMILES string of the molecule is Cc1nc(CC(C)C)sc1C(=O)NCCNC(=O)c1ccc(C(F)(F)F)cc1. The zero-order valence-electron chi connectivity index (χ0n) is 15.8. The van der Waals surface area contributed by atoms with E-state index in [9.17, 15) is 22.8 Å². The van der Waals surface area contributed by atoms with E-state index in [0.717, 1.165) is 35.7 Å². The fourth-order valence-electron chi connectivity index (χ4n) is 2.44. The number of benzene rings is 1. The first-order valence-electron chi connectivity index (χ1n) is 8.78. The number of alkyl halides is 3. The number of aromatic nitrogens is 1. The molecule has 2 amide bonds. The van der Waals surface area contributed by atoms with Gasteiger partial charge in [-0.2, -0.15) is 13.2 Å². The number of hydrogen-bond acceptors (Lipinski definition) is 4. The van der Waals surface area contributed by atoms with Gasteiger partial charge < -0.3 is 10.6 Å². The van der Waals surface area contributed by atoms with Crippen LogP contribution in [0.25, 0.3) is 0 Å². The maximum absolute atomic E-state index is 12.5. The van der Waals surface area contributed by atoms with E-state index in [4.69, 9.17) is 0 Å². The molecule has 0 saturated heterocycles. The number of nitrogens with one attached hydrogen (secondary N) is 2. The Bertz CT molecular complexity index is 830. The van der Waals surface area contributed by atoms with Crippen LogP contribution in [0.15, 0.2) is 24.3 Å². The molecule has 2 aromatic rings. The first-order chi connectivity index (χ1) is 13.1. The lowest BCUT2D eigenvalue weighted by atomic mass is 10.1. The molecule has 0 unspecified atom stereocenters. The van der Waals surface area contributed by atoms with Gasteiger partial charge in [0.2, 0.25) is 0 Å². The van der Waals surface area contributed by atoms with Crippen molar-refractivity contribution in [1.29, 1.82) is 0 Å². The lowest BCUT2D eigenvalue weighted by molar-refractivity contribution is -0.137. The lowest BCUT2D eigenvalue weighted by Crippen LogP contribution is -2.34. The van der Waals surface area contributed by atoms with Gasteiger partial charge in [-0.05, 0) is 37.1 Å². The summed E-state index contributed by atoms with van der Waals surface area (Å²) in [5, 5.41) is 6.18. The van der Waals surface area contributed by atoms with Gasteiger partial charge in [-0.1, -0.05) is 13.8 Å². The molecule has 9 heteroatoms. The Hall–Kier alpha value is -2.42. The third kappa shape index (κ3) is 6.05. The molecular formula is C19H22F3N3O2S. The molecule has 2 rings (SSSR count). The summed E-state index contributed by atoms with van der Waals surface area (Å²) >= 11 is 1.36. The minimum atomic E-state index is -4.44. The Kier molecular flexibility index (Phi) is 7.17. The number of carbonyl (C=O) groups excluding carboxylic acids is 2. The number of aryl methyl sites for hydroxylation is 1. The standard InChI is InChI=1S/C19H22F3N3O2S/c1-11(2)10-15-25-12(3)16(28-15)18(27)24-9-8-23-17(26)13-4-6-14(7-5-13)19(20,21)22/h4-7,11H,8-10H2,1-3H3,(H,23,26)(H,24,27). The van der Waals surface area contributed by atoms with Crippen molar-refractivity contribution >= 4 is 23.2 Å². The molecular weight excluding hydrogens is 391 g/mol. The van der Waals surface area contributed by atoms with Gasteiger partial charge in [0.05, 0.1) is 16.3 Å². The summed E-state index contributed by atoms with van der Waals surface area (Å²) in [4.78, 5) is 29.2. The number of amides is 2. The van der Waals surface area contributed by atoms with Crippen LogP contribution >= 0.6 is 11.3 Å². The lowest BCUT2D eigenvalue weighted by Gasteiger charge is -2.09. The maximum atomic E-state index is 12.5. The molecule has 152 valence electrons. The highest BCUT2D eigenvalue weighted by Crippen LogP contribution is 2.29. The fraction of sp³-hybridized carbons (Fsp3) is 0.421. The summed E-state index contributed by atoms with van der Waals surface area (Å²) in [6.45, 7) is 6.29. The van der Waals surface area contributed by atoms with E-state index in [1.807, 2.05) is 0 Å². The molecule has 0 aliphatic rings. The molecule has 0 spiro atoms. The number of hydrogen-bond donors (Lipinski definition) is 2. The minimum absolute atomic E-state index is 0.121. The van der Waals surface area contributed by atoms with Crippen LogP contribution < -0.4 is 10.6 Å². The summed E-state index contributed by atoms with van der Waals surface area (Å²) < 4.78 is 37.6. The summed E-state index contributed by atoms with van der Waals surface area (Å²) in [6, 6.07) is 3.96. The Balaban J connectivity index is 1.81. The second-order valence-electron chi connectivity index (χ2n) is 6.71. The van der Waals surface area contributed by atoms with Crippen LogP contribution in [0.3, 0.4) is 0 Å². The van der Waals surface area contributed by atoms with E-state index in [1.165, 1.54) is 11.3 Å². The molecule has 1 aromatic heterocycles. The van der Waals surface area contributed by atoms with Crippen LogP contribution in [0.1, 0.15) is 50.1 Å². The topological polar surface area (TPSA) is 71.1 Å². The Morgan fingerprint density at radius 2 is 1.64 bits per heavy atom. The van der Waals surface area contributed by atoms with Crippen molar-refractivity contribution in [2.24, 2.45) is 5.92 Å². The van der Waals surface area contributed by atoms with Crippen LogP contribution in [0.4, 0.5) is 13.2 Å². The smallest absolute Gasteiger partial charge is 0.350 e. The van der Waals surface area contributed by atoms with Gasteiger partial charge in [-0.15, -0.1) is 11.3 Å². The summed E-state index contributed by atoms with van der Waals surface area (Å²) in [5.74, 6) is -0.313. The van der Waals surface area contributed by atoms with Gasteiger partial charge >= 0.3 is 6.18 Å². The number of thiazole rings is 1. The van der Waals surface area contributed by atoms with Gasteiger partial charge in [0.15, 0.2) is 0 Å². The van der Waals surface area contributed by atoms with Crippen molar-refractivity contribution < 1.29 is 22.8 Å². The zero-order valence-corrected chi connectivity index (χ0v) is 16.6. The number of nitrogens with zero attached hydrogens (tertiary/aromatic N) is 1. The van der Waals surface area contributed by atoms with Crippen molar-refractivity contribution in [3.63, 3.8) is 0 Å². The van der Waals surface area contributed by atoms with Crippen molar-refractivity contribution in [3.05, 3.63) is 51.0 Å². The highest BCUT2D eigenvalue weighted by atomic mass is 32.1. The van der Waals surface area contributed by atoms with Crippen molar-refractivity contribution in [2.45, 2.75) is 33.4 Å². The Morgan fingerprint density at radius 3 is 2.18 bits per heavy atom. The average Bonchev–Trinajstić information content (AvgIpc) is 2.97. The summed E-state index contributed by atoms with van der Waals surface area (Å²) in [6.07, 6.45) is -3.63. The first kappa shape index (κ1) is 21.9.